The maximum absolute atomic E-state index is 10.3. The van der Waals surface area contributed by atoms with Gasteiger partial charge in [0, 0.05) is 16.6 Å². The summed E-state index contributed by atoms with van der Waals surface area (Å²) in [6, 6.07) is 12.0. The van der Waals surface area contributed by atoms with E-state index < -0.39 is 0 Å². The number of rotatable bonds is 4. The number of aryl methyl sites for hydroxylation is 2. The molecule has 2 aromatic rings. The van der Waals surface area contributed by atoms with E-state index in [4.69, 9.17) is 9.31 Å². The molecule has 0 saturated carbocycles. The maximum Gasteiger partial charge on any atom is 0.495 e. The Hall–Kier alpha value is -1.47. The highest BCUT2D eigenvalue weighted by Gasteiger charge is 2.51. The van der Waals surface area contributed by atoms with Crippen LogP contribution in [0.5, 0.6) is 0 Å². The maximum atomic E-state index is 10.3. The Labute approximate surface area is 190 Å². The molecule has 6 heteroatoms. The lowest BCUT2D eigenvalue weighted by atomic mass is 9.76. The minimum Gasteiger partial charge on any atom is -0.399 e. The van der Waals surface area contributed by atoms with Gasteiger partial charge in [0.2, 0.25) is 0 Å². The molecular weight excluding hydrogens is 441 g/mol. The zero-order chi connectivity index (χ0) is 22.7. The van der Waals surface area contributed by atoms with Gasteiger partial charge in [-0.1, -0.05) is 45.8 Å². The topological polar surface area (TPSA) is 38.8 Å². The third-order valence-corrected chi connectivity index (χ3v) is 6.55. The zero-order valence-corrected chi connectivity index (χ0v) is 21.0. The quantitative estimate of drug-likeness (QED) is 0.466. The van der Waals surface area contributed by atoms with Crippen LogP contribution in [0.3, 0.4) is 0 Å². The van der Waals surface area contributed by atoms with Crippen LogP contribution in [0.4, 0.5) is 0 Å². The summed E-state index contributed by atoms with van der Waals surface area (Å²) in [5.74, 6) is 0. The van der Waals surface area contributed by atoms with Crippen LogP contribution in [0.2, 0.25) is 0 Å². The first-order valence-electron chi connectivity index (χ1n) is 10.2. The number of nitrogens with zero attached hydrogens (tertiary/aromatic N) is 1. The number of hydrogen-bond donors (Lipinski definition) is 0. The molecule has 0 aromatic heterocycles. The molecule has 0 radical (unpaired) electrons. The van der Waals surface area contributed by atoms with Gasteiger partial charge in [-0.2, -0.15) is 0 Å². The van der Waals surface area contributed by atoms with Gasteiger partial charge in [0.1, 0.15) is 6.29 Å². The molecule has 4 nitrogen and oxygen atoms in total. The molecule has 2 aromatic carbocycles. The Morgan fingerprint density at radius 2 is 1.57 bits per heavy atom. The fraction of sp³-hybridized carbons (Fsp3) is 0.458. The van der Waals surface area contributed by atoms with Crippen LogP contribution in [0.1, 0.15) is 54.7 Å². The first-order chi connectivity index (χ1) is 13.9. The number of aldehydes is 1. The van der Waals surface area contributed by atoms with Gasteiger partial charge in [-0.15, -0.1) is 0 Å². The fourth-order valence-electron chi connectivity index (χ4n) is 3.18. The van der Waals surface area contributed by atoms with Crippen molar-refractivity contribution in [2.24, 2.45) is 0 Å². The molecule has 30 heavy (non-hydrogen) atoms. The third-order valence-electron chi connectivity index (χ3n) is 5.66. The van der Waals surface area contributed by atoms with Crippen molar-refractivity contribution in [3.63, 3.8) is 0 Å². The predicted octanol–water partition coefficient (Wildman–Crippen LogP) is 4.93. The lowest BCUT2D eigenvalue weighted by Gasteiger charge is -2.32. The average Bonchev–Trinajstić information content (AvgIpc) is 2.84. The van der Waals surface area contributed by atoms with Crippen molar-refractivity contribution in [2.75, 3.05) is 14.1 Å². The number of hydrogen-bond acceptors (Lipinski definition) is 4. The van der Waals surface area contributed by atoms with Crippen molar-refractivity contribution in [3.05, 3.63) is 63.1 Å². The zero-order valence-electron chi connectivity index (χ0n) is 19.4. The summed E-state index contributed by atoms with van der Waals surface area (Å²) in [6.07, 6.45) is 0.847. The molecular formula is C24H33BBrNO3. The van der Waals surface area contributed by atoms with Crippen LogP contribution < -0.4 is 5.46 Å². The van der Waals surface area contributed by atoms with E-state index in [-0.39, 0.29) is 18.3 Å². The van der Waals surface area contributed by atoms with E-state index in [1.54, 1.807) is 6.07 Å². The molecule has 0 amide bonds. The van der Waals surface area contributed by atoms with Crippen LogP contribution >= 0.6 is 15.9 Å². The van der Waals surface area contributed by atoms with Gasteiger partial charge in [-0.3, -0.25) is 4.79 Å². The molecule has 1 aliphatic rings. The van der Waals surface area contributed by atoms with Gasteiger partial charge >= 0.3 is 7.12 Å². The normalized spacial score (nSPS) is 16.9. The summed E-state index contributed by atoms with van der Waals surface area (Å²) >= 11 is 3.34. The Balaban J connectivity index is 0.000000269. The van der Waals surface area contributed by atoms with E-state index in [0.717, 1.165) is 33.9 Å². The standard InChI is InChI=1S/C16H26BNO2.C8H7BrO/c1-12-10-13(11-18(6)7)8-9-14(12)17-19-15(2,3)16(4,5)20-17;1-6-4-7(5-10)2-3-8(6)9/h8-10H,11H2,1-7H3;2-5H,1H3. The molecule has 0 atom stereocenters. The third kappa shape index (κ3) is 6.04. The van der Waals surface area contributed by atoms with Crippen LogP contribution in [0.15, 0.2) is 40.9 Å². The molecule has 0 aliphatic carbocycles. The summed E-state index contributed by atoms with van der Waals surface area (Å²) < 4.78 is 13.3. The van der Waals surface area contributed by atoms with E-state index in [2.05, 4.69) is 87.7 Å². The molecule has 162 valence electrons. The summed E-state index contributed by atoms with van der Waals surface area (Å²) in [7, 11) is 3.89. The van der Waals surface area contributed by atoms with Gasteiger partial charge in [0.25, 0.3) is 0 Å². The van der Waals surface area contributed by atoms with E-state index >= 15 is 0 Å². The summed E-state index contributed by atoms with van der Waals surface area (Å²) in [5.41, 5.74) is 4.91. The highest BCUT2D eigenvalue weighted by atomic mass is 79.9. The molecule has 3 rings (SSSR count). The van der Waals surface area contributed by atoms with Gasteiger partial charge in [-0.05, 0) is 84.4 Å². The first-order valence-corrected chi connectivity index (χ1v) is 11.0. The van der Waals surface area contributed by atoms with Crippen LogP contribution in [0, 0.1) is 13.8 Å². The second-order valence-electron chi connectivity index (χ2n) is 9.14. The lowest BCUT2D eigenvalue weighted by molar-refractivity contribution is 0.00578. The van der Waals surface area contributed by atoms with E-state index in [1.165, 1.54) is 11.1 Å². The largest absolute Gasteiger partial charge is 0.495 e. The second kappa shape index (κ2) is 9.78. The van der Waals surface area contributed by atoms with E-state index in [9.17, 15) is 4.79 Å². The molecule has 1 saturated heterocycles. The second-order valence-corrected chi connectivity index (χ2v) is 10.00. The average molecular weight is 474 g/mol. The van der Waals surface area contributed by atoms with Gasteiger partial charge in [0.05, 0.1) is 11.2 Å². The monoisotopic (exact) mass is 473 g/mol. The Bertz CT molecular complexity index is 880. The van der Waals surface area contributed by atoms with E-state index in [1.807, 2.05) is 19.1 Å². The van der Waals surface area contributed by atoms with Crippen molar-refractivity contribution >= 4 is 34.8 Å². The van der Waals surface area contributed by atoms with Crippen LogP contribution in [-0.2, 0) is 15.9 Å². The summed E-state index contributed by atoms with van der Waals surface area (Å²) in [6.45, 7) is 13.4. The SMILES string of the molecule is Cc1cc(C=O)ccc1Br.Cc1cc(CN(C)C)ccc1B1OC(C)(C)C(C)(C)O1. The van der Waals surface area contributed by atoms with Crippen molar-refractivity contribution in [3.8, 4) is 0 Å². The highest BCUT2D eigenvalue weighted by Crippen LogP contribution is 2.36. The van der Waals surface area contributed by atoms with Gasteiger partial charge in [0.15, 0.2) is 0 Å². The number of benzene rings is 2. The number of halogens is 1. The molecule has 1 fully saturated rings. The molecule has 0 bridgehead atoms. The van der Waals surface area contributed by atoms with Crippen LogP contribution in [0.25, 0.3) is 0 Å². The highest BCUT2D eigenvalue weighted by molar-refractivity contribution is 9.10. The lowest BCUT2D eigenvalue weighted by Crippen LogP contribution is -2.41. The molecule has 0 spiro atoms. The minimum absolute atomic E-state index is 0.270. The van der Waals surface area contributed by atoms with Crippen molar-refractivity contribution < 1.29 is 14.1 Å². The van der Waals surface area contributed by atoms with Gasteiger partial charge in [-0.25, -0.2) is 0 Å². The van der Waals surface area contributed by atoms with Crippen molar-refractivity contribution in [1.29, 1.82) is 0 Å². The van der Waals surface area contributed by atoms with Crippen molar-refractivity contribution in [2.45, 2.75) is 59.3 Å². The van der Waals surface area contributed by atoms with Crippen molar-refractivity contribution in [1.82, 2.24) is 4.90 Å². The fourth-order valence-corrected chi connectivity index (χ4v) is 3.42. The Morgan fingerprint density at radius 3 is 2.03 bits per heavy atom. The molecule has 0 N–H and O–H groups in total. The smallest absolute Gasteiger partial charge is 0.399 e. The minimum atomic E-state index is -0.285. The van der Waals surface area contributed by atoms with Crippen LogP contribution in [-0.4, -0.2) is 43.6 Å². The van der Waals surface area contributed by atoms with E-state index in [0.29, 0.717) is 0 Å². The summed E-state index contributed by atoms with van der Waals surface area (Å²) in [5, 5.41) is 0. The molecule has 1 aliphatic heterocycles. The molecule has 0 unspecified atom stereocenters. The predicted molar refractivity (Wildman–Crippen MR) is 129 cm³/mol. The van der Waals surface area contributed by atoms with Gasteiger partial charge < -0.3 is 14.2 Å². The first kappa shape index (κ1) is 24.8. The number of carbonyl (C=O) groups excluding carboxylic acids is 1. The Morgan fingerprint density at radius 1 is 0.967 bits per heavy atom. The number of carbonyl (C=O) groups is 1. The molecule has 1 heterocycles. The summed E-state index contributed by atoms with van der Waals surface area (Å²) in [4.78, 5) is 12.4. The Kier molecular flexibility index (Phi) is 8.08.